The zero-order valence-corrected chi connectivity index (χ0v) is 6.40. The van der Waals surface area contributed by atoms with Gasteiger partial charge in [0.05, 0.1) is 6.54 Å². The van der Waals surface area contributed by atoms with Crippen molar-refractivity contribution in [2.45, 2.75) is 6.10 Å². The molecule has 0 fully saturated rings. The molecule has 0 radical (unpaired) electrons. The molecule has 0 saturated carbocycles. The number of nitrogens with two attached hydrogens (primary N) is 1. The maximum Gasteiger partial charge on any atom is 0.126 e. The van der Waals surface area contributed by atoms with Crippen molar-refractivity contribution < 1.29 is 10.4 Å². The summed E-state index contributed by atoms with van der Waals surface area (Å²) in [6.45, 7) is 0.615. The first-order valence-corrected chi connectivity index (χ1v) is 3.68. The number of rotatable bonds is 3. The van der Waals surface area contributed by atoms with Gasteiger partial charge in [-0.3, -0.25) is 0 Å². The molecule has 0 saturated heterocycles. The van der Waals surface area contributed by atoms with Gasteiger partial charge in [-0.05, 0) is 5.56 Å². The highest BCUT2D eigenvalue weighted by molar-refractivity contribution is 5.16. The zero-order chi connectivity index (χ0) is 8.10. The van der Waals surface area contributed by atoms with E-state index < -0.39 is 6.10 Å². The van der Waals surface area contributed by atoms with E-state index in [1.54, 1.807) is 5.32 Å². The fourth-order valence-electron chi connectivity index (χ4n) is 0.969. The Morgan fingerprint density at radius 3 is 2.55 bits per heavy atom. The summed E-state index contributed by atoms with van der Waals surface area (Å²) < 4.78 is 0. The van der Waals surface area contributed by atoms with Gasteiger partial charge in [0.25, 0.3) is 0 Å². The largest absolute Gasteiger partial charge is 0.476 e. The first-order chi connectivity index (χ1) is 5.34. The Morgan fingerprint density at radius 1 is 1.36 bits per heavy atom. The molecule has 1 aromatic rings. The third-order valence-electron chi connectivity index (χ3n) is 1.57. The monoisotopic (exact) mass is 151 g/mol. The fraction of sp³-hybridized carbons (Fsp3) is 0.222. The van der Waals surface area contributed by atoms with Crippen LogP contribution in [0.15, 0.2) is 30.3 Å². The Bertz CT molecular complexity index is 198. The van der Waals surface area contributed by atoms with Crippen molar-refractivity contribution in [2.75, 3.05) is 6.54 Å². The summed E-state index contributed by atoms with van der Waals surface area (Å²) in [5.41, 5.74) is 0.951. The number of aliphatic hydroxyl groups excluding tert-OH is 1. The van der Waals surface area contributed by atoms with E-state index >= 15 is 0 Å². The average molecular weight is 151 g/mol. The van der Waals surface area contributed by atoms with Crippen molar-refractivity contribution in [3.8, 4) is 0 Å². The van der Waals surface area contributed by atoms with Crippen LogP contribution in [0.5, 0.6) is 0 Å². The Morgan fingerprint density at radius 2 is 2.00 bits per heavy atom. The van der Waals surface area contributed by atoms with E-state index in [1.165, 1.54) is 0 Å². The average Bonchev–Trinajstić information content (AvgIpc) is 2.07. The van der Waals surface area contributed by atoms with Gasteiger partial charge >= 0.3 is 0 Å². The van der Waals surface area contributed by atoms with Gasteiger partial charge < -0.3 is 10.4 Å². The molecular weight excluding hydrogens is 138 g/mol. The number of hydrogen-bond donors (Lipinski definition) is 2. The lowest BCUT2D eigenvalue weighted by atomic mass is 10.1. The standard InChI is InChI=1S/C9H13NO/c1-10-7-9(11)8-5-3-2-4-6-8/h2-6,9,11H,1,7,10H2/t9-/m1/s1. The highest BCUT2D eigenvalue weighted by Crippen LogP contribution is 2.08. The Kier molecular flexibility index (Phi) is 3.08. The van der Waals surface area contributed by atoms with Crippen LogP contribution in [0.3, 0.4) is 0 Å². The molecule has 0 aliphatic carbocycles. The predicted molar refractivity (Wildman–Crippen MR) is 43.6 cm³/mol. The lowest BCUT2D eigenvalue weighted by Gasteiger charge is -2.09. The molecular formula is C9H13NO. The van der Waals surface area contributed by atoms with Gasteiger partial charge in [-0.1, -0.05) is 30.3 Å². The van der Waals surface area contributed by atoms with Gasteiger partial charge in [-0.2, -0.15) is 7.05 Å². The highest BCUT2D eigenvalue weighted by Gasteiger charge is 2.04. The molecule has 60 valence electrons. The van der Waals surface area contributed by atoms with Gasteiger partial charge in [-0.15, -0.1) is 0 Å². The quantitative estimate of drug-likeness (QED) is 0.589. The number of hydrogen-bond acceptors (Lipinski definition) is 1. The molecule has 1 rings (SSSR count). The molecule has 0 aliphatic heterocycles. The lowest BCUT2D eigenvalue weighted by molar-refractivity contribution is -0.604. The molecule has 0 heterocycles. The fourth-order valence-corrected chi connectivity index (χ4v) is 0.969. The highest BCUT2D eigenvalue weighted by atomic mass is 16.3. The van der Waals surface area contributed by atoms with E-state index in [2.05, 4.69) is 7.05 Å². The lowest BCUT2D eigenvalue weighted by Crippen LogP contribution is -2.78. The third-order valence-corrected chi connectivity index (χ3v) is 1.57. The van der Waals surface area contributed by atoms with Gasteiger partial charge in [0.2, 0.25) is 0 Å². The Hall–Kier alpha value is -0.860. The maximum atomic E-state index is 9.45. The van der Waals surface area contributed by atoms with E-state index in [0.29, 0.717) is 6.54 Å². The number of quaternary nitrogens is 1. The van der Waals surface area contributed by atoms with Crippen molar-refractivity contribution >= 4 is 0 Å². The minimum absolute atomic E-state index is 0.395. The normalized spacial score (nSPS) is 12.9. The van der Waals surface area contributed by atoms with E-state index in [0.717, 1.165) is 5.56 Å². The first-order valence-electron chi connectivity index (χ1n) is 3.68. The molecule has 0 bridgehead atoms. The van der Waals surface area contributed by atoms with Crippen molar-refractivity contribution in [3.63, 3.8) is 0 Å². The molecule has 1 aromatic carbocycles. The van der Waals surface area contributed by atoms with Gasteiger partial charge in [0.15, 0.2) is 0 Å². The molecule has 3 N–H and O–H groups in total. The second-order valence-electron chi connectivity index (χ2n) is 2.45. The van der Waals surface area contributed by atoms with E-state index in [4.69, 9.17) is 0 Å². The summed E-state index contributed by atoms with van der Waals surface area (Å²) in [6, 6.07) is 9.59. The van der Waals surface area contributed by atoms with Crippen molar-refractivity contribution in [2.24, 2.45) is 0 Å². The molecule has 0 amide bonds. The molecule has 0 aliphatic rings. The van der Waals surface area contributed by atoms with Crippen LogP contribution >= 0.6 is 0 Å². The van der Waals surface area contributed by atoms with Crippen LogP contribution in [-0.4, -0.2) is 11.7 Å². The van der Waals surface area contributed by atoms with Gasteiger partial charge in [-0.25, -0.2) is 0 Å². The SMILES string of the molecule is [CH2-][NH2+]C[C@@H](O)c1ccccc1. The topological polar surface area (TPSA) is 36.8 Å². The van der Waals surface area contributed by atoms with Crippen LogP contribution in [0.1, 0.15) is 11.7 Å². The minimum Gasteiger partial charge on any atom is -0.476 e. The van der Waals surface area contributed by atoms with Crippen LogP contribution in [0.25, 0.3) is 0 Å². The van der Waals surface area contributed by atoms with Crippen molar-refractivity contribution in [3.05, 3.63) is 42.9 Å². The summed E-state index contributed by atoms with van der Waals surface area (Å²) in [5, 5.41) is 11.2. The summed E-state index contributed by atoms with van der Waals surface area (Å²) in [6.07, 6.45) is -0.395. The molecule has 0 spiro atoms. The number of benzene rings is 1. The van der Waals surface area contributed by atoms with Crippen LogP contribution in [0, 0.1) is 7.05 Å². The Balaban J connectivity index is 2.61. The van der Waals surface area contributed by atoms with Gasteiger partial charge in [0.1, 0.15) is 6.10 Å². The molecule has 0 unspecified atom stereocenters. The number of aliphatic hydroxyl groups is 1. The minimum atomic E-state index is -0.395. The Labute approximate surface area is 66.9 Å². The maximum absolute atomic E-state index is 9.45. The zero-order valence-electron chi connectivity index (χ0n) is 6.40. The summed E-state index contributed by atoms with van der Waals surface area (Å²) >= 11 is 0. The molecule has 2 nitrogen and oxygen atoms in total. The van der Waals surface area contributed by atoms with Crippen LogP contribution in [0.4, 0.5) is 0 Å². The molecule has 11 heavy (non-hydrogen) atoms. The summed E-state index contributed by atoms with van der Waals surface area (Å²) in [7, 11) is 3.57. The van der Waals surface area contributed by atoms with Crippen LogP contribution < -0.4 is 5.32 Å². The van der Waals surface area contributed by atoms with Crippen LogP contribution in [0.2, 0.25) is 0 Å². The van der Waals surface area contributed by atoms with E-state index in [-0.39, 0.29) is 0 Å². The second-order valence-corrected chi connectivity index (χ2v) is 2.45. The second kappa shape index (κ2) is 4.11. The van der Waals surface area contributed by atoms with Crippen molar-refractivity contribution in [1.29, 1.82) is 0 Å². The summed E-state index contributed by atoms with van der Waals surface area (Å²) in [4.78, 5) is 0. The van der Waals surface area contributed by atoms with Crippen molar-refractivity contribution in [1.82, 2.24) is 0 Å². The van der Waals surface area contributed by atoms with Crippen LogP contribution in [-0.2, 0) is 0 Å². The predicted octanol–water partition coefficient (Wildman–Crippen LogP) is 0.0750. The van der Waals surface area contributed by atoms with Gasteiger partial charge in [0, 0.05) is 0 Å². The van der Waals surface area contributed by atoms with E-state index in [1.807, 2.05) is 30.3 Å². The molecule has 1 atom stereocenters. The smallest absolute Gasteiger partial charge is 0.126 e. The molecule has 0 aromatic heterocycles. The molecule has 2 heteroatoms. The summed E-state index contributed by atoms with van der Waals surface area (Å²) in [5.74, 6) is 0. The van der Waals surface area contributed by atoms with E-state index in [9.17, 15) is 5.11 Å². The first kappa shape index (κ1) is 8.24. The third kappa shape index (κ3) is 2.33.